The summed E-state index contributed by atoms with van der Waals surface area (Å²) in [5.74, 6) is -1.03. The number of carboxylic acids is 1. The molecule has 0 spiro atoms. The molecule has 0 radical (unpaired) electrons. The number of hydrogen-bond donors (Lipinski definition) is 2. The second-order valence-corrected chi connectivity index (χ2v) is 4.32. The van der Waals surface area contributed by atoms with Gasteiger partial charge in [0.05, 0.1) is 6.54 Å². The number of piperazine rings is 1. The van der Waals surface area contributed by atoms with Crippen molar-refractivity contribution in [2.24, 2.45) is 7.05 Å². The zero-order valence-electron chi connectivity index (χ0n) is 10.2. The highest BCUT2D eigenvalue weighted by Crippen LogP contribution is 2.07. The molecule has 1 saturated heterocycles. The van der Waals surface area contributed by atoms with Crippen LogP contribution >= 0.6 is 0 Å². The third-order valence-electron chi connectivity index (χ3n) is 3.14. The average Bonchev–Trinajstić information content (AvgIpc) is 2.72. The van der Waals surface area contributed by atoms with Crippen LogP contribution in [0.5, 0.6) is 0 Å². The molecule has 1 unspecified atom stereocenters. The van der Waals surface area contributed by atoms with E-state index in [1.54, 1.807) is 15.8 Å². The van der Waals surface area contributed by atoms with Gasteiger partial charge in [0.1, 0.15) is 6.04 Å². The van der Waals surface area contributed by atoms with Gasteiger partial charge in [0.25, 0.3) is 0 Å². The Morgan fingerprint density at radius 2 is 2.44 bits per heavy atom. The molecule has 1 aromatic rings. The van der Waals surface area contributed by atoms with Crippen LogP contribution in [0.25, 0.3) is 0 Å². The third kappa shape index (κ3) is 2.67. The fourth-order valence-electron chi connectivity index (χ4n) is 2.07. The van der Waals surface area contributed by atoms with Crippen molar-refractivity contribution < 1.29 is 14.7 Å². The number of aliphatic carboxylic acids is 1. The van der Waals surface area contributed by atoms with Gasteiger partial charge in [-0.25, -0.2) is 0 Å². The molecule has 18 heavy (non-hydrogen) atoms. The maximum Gasteiger partial charge on any atom is 0.322 e. The van der Waals surface area contributed by atoms with Crippen molar-refractivity contribution in [3.05, 3.63) is 18.0 Å². The molecule has 7 heteroatoms. The van der Waals surface area contributed by atoms with Crippen LogP contribution in [0.4, 0.5) is 0 Å². The summed E-state index contributed by atoms with van der Waals surface area (Å²) in [5.41, 5.74) is 1.02. The van der Waals surface area contributed by atoms with E-state index in [1.807, 2.05) is 13.1 Å². The van der Waals surface area contributed by atoms with Crippen LogP contribution in [0.2, 0.25) is 0 Å². The molecule has 7 nitrogen and oxygen atoms in total. The second-order valence-electron chi connectivity index (χ2n) is 4.32. The number of nitrogens with zero attached hydrogens (tertiary/aromatic N) is 3. The van der Waals surface area contributed by atoms with Gasteiger partial charge in [0.15, 0.2) is 0 Å². The van der Waals surface area contributed by atoms with Crippen LogP contribution in [-0.4, -0.2) is 57.3 Å². The molecular formula is C11H16N4O3. The van der Waals surface area contributed by atoms with Crippen molar-refractivity contribution in [1.82, 2.24) is 20.0 Å². The Morgan fingerprint density at radius 3 is 3.06 bits per heavy atom. The van der Waals surface area contributed by atoms with Crippen LogP contribution in [0.3, 0.4) is 0 Å². The molecule has 1 aromatic heterocycles. The summed E-state index contributed by atoms with van der Waals surface area (Å²) >= 11 is 0. The summed E-state index contributed by atoms with van der Waals surface area (Å²) in [6, 6.07) is 1.25. The lowest BCUT2D eigenvalue weighted by Gasteiger charge is -2.32. The lowest BCUT2D eigenvalue weighted by atomic mass is 10.1. The smallest absolute Gasteiger partial charge is 0.322 e. The minimum Gasteiger partial charge on any atom is -0.480 e. The van der Waals surface area contributed by atoms with E-state index >= 15 is 0 Å². The molecule has 2 rings (SSSR count). The number of amides is 1. The van der Waals surface area contributed by atoms with E-state index in [1.165, 1.54) is 0 Å². The Morgan fingerprint density at radius 1 is 1.67 bits per heavy atom. The van der Waals surface area contributed by atoms with Gasteiger partial charge in [-0.1, -0.05) is 0 Å². The van der Waals surface area contributed by atoms with Gasteiger partial charge in [-0.2, -0.15) is 5.10 Å². The van der Waals surface area contributed by atoms with Crippen molar-refractivity contribution in [2.75, 3.05) is 19.6 Å². The standard InChI is InChI=1S/C11H16N4O3/c1-14-8(2-4-13-14)3-5-15-7-10(16)12-6-9(15)11(17)18/h2,4,9H,3,5-7H2,1H3,(H,12,16)(H,17,18). The normalized spacial score (nSPS) is 20.7. The van der Waals surface area contributed by atoms with Crippen molar-refractivity contribution in [3.8, 4) is 0 Å². The van der Waals surface area contributed by atoms with Gasteiger partial charge in [0.2, 0.25) is 5.91 Å². The maximum atomic E-state index is 11.3. The summed E-state index contributed by atoms with van der Waals surface area (Å²) in [5, 5.41) is 15.7. The molecule has 0 saturated carbocycles. The predicted octanol–water partition coefficient (Wildman–Crippen LogP) is -1.15. The number of aromatic nitrogens is 2. The van der Waals surface area contributed by atoms with E-state index in [0.717, 1.165) is 5.69 Å². The fraction of sp³-hybridized carbons (Fsp3) is 0.545. The lowest BCUT2D eigenvalue weighted by Crippen LogP contribution is -2.57. The number of carbonyl (C=O) groups is 2. The van der Waals surface area contributed by atoms with E-state index in [2.05, 4.69) is 10.4 Å². The monoisotopic (exact) mass is 252 g/mol. The number of carbonyl (C=O) groups excluding carboxylic acids is 1. The number of aryl methyl sites for hydroxylation is 1. The van der Waals surface area contributed by atoms with Crippen molar-refractivity contribution >= 4 is 11.9 Å². The SMILES string of the molecule is Cn1nccc1CCN1CC(=O)NCC1C(=O)O. The third-order valence-corrected chi connectivity index (χ3v) is 3.14. The number of nitrogens with one attached hydrogen (secondary N) is 1. The molecule has 1 amide bonds. The zero-order valence-corrected chi connectivity index (χ0v) is 10.2. The number of carboxylic acid groups (broad SMARTS) is 1. The first kappa shape index (κ1) is 12.6. The molecule has 0 aliphatic carbocycles. The zero-order chi connectivity index (χ0) is 13.1. The Bertz CT molecular complexity index is 457. The van der Waals surface area contributed by atoms with Gasteiger partial charge < -0.3 is 10.4 Å². The van der Waals surface area contributed by atoms with E-state index in [-0.39, 0.29) is 19.0 Å². The Kier molecular flexibility index (Phi) is 3.61. The van der Waals surface area contributed by atoms with Crippen LogP contribution in [0.15, 0.2) is 12.3 Å². The molecule has 0 aromatic carbocycles. The highest BCUT2D eigenvalue weighted by Gasteiger charge is 2.31. The highest BCUT2D eigenvalue weighted by molar-refractivity contribution is 5.83. The summed E-state index contributed by atoms with van der Waals surface area (Å²) < 4.78 is 1.75. The number of hydrogen-bond acceptors (Lipinski definition) is 4. The Labute approximate surface area is 104 Å². The largest absolute Gasteiger partial charge is 0.480 e. The molecule has 1 aliphatic heterocycles. The topological polar surface area (TPSA) is 87.5 Å². The predicted molar refractivity (Wildman–Crippen MR) is 62.9 cm³/mol. The molecule has 2 heterocycles. The minimum atomic E-state index is -0.903. The fourth-order valence-corrected chi connectivity index (χ4v) is 2.07. The molecule has 2 N–H and O–H groups in total. The van der Waals surface area contributed by atoms with E-state index in [9.17, 15) is 9.59 Å². The average molecular weight is 252 g/mol. The van der Waals surface area contributed by atoms with Crippen LogP contribution < -0.4 is 5.32 Å². The number of rotatable bonds is 4. The van der Waals surface area contributed by atoms with Crippen molar-refractivity contribution in [2.45, 2.75) is 12.5 Å². The van der Waals surface area contributed by atoms with Crippen LogP contribution in [-0.2, 0) is 23.1 Å². The molecule has 1 aliphatic rings. The van der Waals surface area contributed by atoms with E-state index in [0.29, 0.717) is 13.0 Å². The Balaban J connectivity index is 1.98. The summed E-state index contributed by atoms with van der Waals surface area (Å²) in [6.45, 7) is 0.832. The molecule has 1 atom stereocenters. The second kappa shape index (κ2) is 5.18. The first-order chi connectivity index (χ1) is 8.58. The van der Waals surface area contributed by atoms with Gasteiger partial charge in [0, 0.05) is 38.4 Å². The molecular weight excluding hydrogens is 236 g/mol. The van der Waals surface area contributed by atoms with E-state index in [4.69, 9.17) is 5.11 Å². The quantitative estimate of drug-likeness (QED) is 0.706. The molecule has 0 bridgehead atoms. The lowest BCUT2D eigenvalue weighted by molar-refractivity contribution is -0.145. The summed E-state index contributed by atoms with van der Waals surface area (Å²) in [4.78, 5) is 24.1. The molecule has 98 valence electrons. The van der Waals surface area contributed by atoms with Crippen molar-refractivity contribution in [3.63, 3.8) is 0 Å². The van der Waals surface area contributed by atoms with Gasteiger partial charge >= 0.3 is 5.97 Å². The first-order valence-corrected chi connectivity index (χ1v) is 5.78. The van der Waals surface area contributed by atoms with Crippen molar-refractivity contribution in [1.29, 1.82) is 0 Å². The highest BCUT2D eigenvalue weighted by atomic mass is 16.4. The van der Waals surface area contributed by atoms with Gasteiger partial charge in [-0.15, -0.1) is 0 Å². The molecule has 1 fully saturated rings. The van der Waals surface area contributed by atoms with Gasteiger partial charge in [-0.3, -0.25) is 19.2 Å². The van der Waals surface area contributed by atoms with Crippen LogP contribution in [0, 0.1) is 0 Å². The summed E-state index contributed by atoms with van der Waals surface area (Å²) in [6.07, 6.45) is 2.38. The minimum absolute atomic E-state index is 0.127. The first-order valence-electron chi connectivity index (χ1n) is 5.78. The van der Waals surface area contributed by atoms with Crippen LogP contribution in [0.1, 0.15) is 5.69 Å². The maximum absolute atomic E-state index is 11.3. The Hall–Kier alpha value is -1.89. The van der Waals surface area contributed by atoms with Gasteiger partial charge in [-0.05, 0) is 6.07 Å². The van der Waals surface area contributed by atoms with E-state index < -0.39 is 12.0 Å². The summed E-state index contributed by atoms with van der Waals surface area (Å²) in [7, 11) is 1.84.